The molecule has 0 aromatic rings. The van der Waals surface area contributed by atoms with Crippen LogP contribution in [0.15, 0.2) is 12.2 Å². The number of nitrogens with zero attached hydrogens (tertiary/aromatic N) is 1. The molecule has 1 aliphatic rings. The minimum Gasteiger partial charge on any atom is -0.465 e. The van der Waals surface area contributed by atoms with Gasteiger partial charge in [-0.1, -0.05) is 6.58 Å². The summed E-state index contributed by atoms with van der Waals surface area (Å²) < 4.78 is 30.8. The average Bonchev–Trinajstić information content (AvgIpc) is 2.51. The second kappa shape index (κ2) is 4.68. The number of hydrogen-bond donors (Lipinski definition) is 1. The summed E-state index contributed by atoms with van der Waals surface area (Å²) in [5.74, 6) is -4.15. The number of carbonyl (C=O) groups excluding carboxylic acids is 1. The van der Waals surface area contributed by atoms with Gasteiger partial charge in [0, 0.05) is 6.42 Å². The Morgan fingerprint density at radius 2 is 2.18 bits per heavy atom. The van der Waals surface area contributed by atoms with Crippen LogP contribution >= 0.6 is 0 Å². The molecule has 17 heavy (non-hydrogen) atoms. The van der Waals surface area contributed by atoms with Gasteiger partial charge < -0.3 is 9.84 Å². The van der Waals surface area contributed by atoms with E-state index >= 15 is 0 Å². The maximum atomic E-state index is 13.0. The van der Waals surface area contributed by atoms with Crippen LogP contribution in [0.3, 0.4) is 0 Å². The van der Waals surface area contributed by atoms with Gasteiger partial charge in [0.25, 0.3) is 5.92 Å². The van der Waals surface area contributed by atoms with Crippen LogP contribution in [-0.2, 0) is 9.53 Å². The highest BCUT2D eigenvalue weighted by atomic mass is 19.3. The number of alkyl halides is 2. The van der Waals surface area contributed by atoms with Crippen LogP contribution in [0.1, 0.15) is 13.3 Å². The van der Waals surface area contributed by atoms with Crippen LogP contribution in [0, 0.1) is 0 Å². The van der Waals surface area contributed by atoms with E-state index in [1.165, 1.54) is 0 Å². The molecule has 0 radical (unpaired) electrons. The first-order valence-electron chi connectivity index (χ1n) is 4.91. The SMILES string of the molecule is C=C(C)COC(=O)[C@@H]1CC(F)(F)CN1C(=O)O. The number of likely N-dealkylation sites (tertiary alicyclic amines) is 1. The molecule has 1 saturated heterocycles. The largest absolute Gasteiger partial charge is 0.465 e. The second-order valence-electron chi connectivity index (χ2n) is 4.05. The Morgan fingerprint density at radius 1 is 1.59 bits per heavy atom. The van der Waals surface area contributed by atoms with Crippen molar-refractivity contribution in [2.75, 3.05) is 13.2 Å². The third-order valence-corrected chi connectivity index (χ3v) is 2.25. The van der Waals surface area contributed by atoms with Gasteiger partial charge in [0.05, 0.1) is 6.54 Å². The molecule has 0 unspecified atom stereocenters. The summed E-state index contributed by atoms with van der Waals surface area (Å²) in [5, 5.41) is 8.71. The Morgan fingerprint density at radius 3 is 2.65 bits per heavy atom. The van der Waals surface area contributed by atoms with E-state index in [2.05, 4.69) is 11.3 Å². The van der Waals surface area contributed by atoms with Crippen molar-refractivity contribution < 1.29 is 28.2 Å². The summed E-state index contributed by atoms with van der Waals surface area (Å²) in [7, 11) is 0. The van der Waals surface area contributed by atoms with Gasteiger partial charge in [-0.05, 0) is 12.5 Å². The monoisotopic (exact) mass is 249 g/mol. The van der Waals surface area contributed by atoms with E-state index in [-0.39, 0.29) is 6.61 Å². The number of carboxylic acid groups (broad SMARTS) is 1. The number of amides is 1. The smallest absolute Gasteiger partial charge is 0.408 e. The molecule has 1 amide bonds. The first-order valence-corrected chi connectivity index (χ1v) is 4.91. The van der Waals surface area contributed by atoms with E-state index in [0.717, 1.165) is 0 Å². The van der Waals surface area contributed by atoms with Gasteiger partial charge in [-0.15, -0.1) is 0 Å². The molecule has 1 rings (SSSR count). The number of ether oxygens (including phenoxy) is 1. The van der Waals surface area contributed by atoms with Crippen LogP contribution in [0.5, 0.6) is 0 Å². The predicted molar refractivity (Wildman–Crippen MR) is 53.9 cm³/mol. The molecular weight excluding hydrogens is 236 g/mol. The van der Waals surface area contributed by atoms with E-state index in [9.17, 15) is 18.4 Å². The topological polar surface area (TPSA) is 66.8 Å². The number of carbonyl (C=O) groups is 2. The molecule has 0 saturated carbocycles. The van der Waals surface area contributed by atoms with Gasteiger partial charge in [-0.2, -0.15) is 0 Å². The number of hydrogen-bond acceptors (Lipinski definition) is 3. The highest BCUT2D eigenvalue weighted by Gasteiger charge is 2.50. The van der Waals surface area contributed by atoms with E-state index in [0.29, 0.717) is 10.5 Å². The van der Waals surface area contributed by atoms with E-state index < -0.39 is 37.0 Å². The zero-order valence-electron chi connectivity index (χ0n) is 9.28. The summed E-state index contributed by atoms with van der Waals surface area (Å²) in [6.07, 6.45) is -2.40. The molecule has 0 aromatic heterocycles. The zero-order valence-corrected chi connectivity index (χ0v) is 9.28. The van der Waals surface area contributed by atoms with Crippen molar-refractivity contribution in [1.29, 1.82) is 0 Å². The molecule has 5 nitrogen and oxygen atoms in total. The normalized spacial score (nSPS) is 22.3. The Bertz CT molecular complexity index is 356. The van der Waals surface area contributed by atoms with Gasteiger partial charge in [0.1, 0.15) is 12.6 Å². The lowest BCUT2D eigenvalue weighted by atomic mass is 10.2. The molecule has 1 aliphatic heterocycles. The fourth-order valence-electron chi connectivity index (χ4n) is 1.52. The summed E-state index contributed by atoms with van der Waals surface area (Å²) in [5.41, 5.74) is 0.546. The summed E-state index contributed by atoms with van der Waals surface area (Å²) >= 11 is 0. The van der Waals surface area contributed by atoms with Crippen molar-refractivity contribution in [3.8, 4) is 0 Å². The fourth-order valence-corrected chi connectivity index (χ4v) is 1.52. The molecule has 0 aromatic carbocycles. The third kappa shape index (κ3) is 3.40. The van der Waals surface area contributed by atoms with Crippen molar-refractivity contribution in [3.05, 3.63) is 12.2 Å². The van der Waals surface area contributed by atoms with Crippen LogP contribution < -0.4 is 0 Å². The van der Waals surface area contributed by atoms with Crippen molar-refractivity contribution in [1.82, 2.24) is 4.90 Å². The van der Waals surface area contributed by atoms with E-state index in [4.69, 9.17) is 5.11 Å². The maximum Gasteiger partial charge on any atom is 0.408 e. The minimum absolute atomic E-state index is 0.103. The maximum absolute atomic E-state index is 13.0. The number of esters is 1. The summed E-state index contributed by atoms with van der Waals surface area (Å²) in [6, 6.07) is -1.44. The van der Waals surface area contributed by atoms with Gasteiger partial charge in [0.2, 0.25) is 0 Å². The molecule has 0 spiro atoms. The standard InChI is InChI=1S/C10H13F2NO4/c1-6(2)4-17-8(14)7-3-10(11,12)5-13(7)9(15)16/h7H,1,3-5H2,2H3,(H,15,16)/t7-/m0/s1. The highest BCUT2D eigenvalue weighted by Crippen LogP contribution is 2.32. The van der Waals surface area contributed by atoms with Crippen molar-refractivity contribution in [2.24, 2.45) is 0 Å². The first kappa shape index (κ1) is 13.4. The molecule has 96 valence electrons. The lowest BCUT2D eigenvalue weighted by Gasteiger charge is -2.18. The molecule has 1 N–H and O–H groups in total. The molecule has 1 heterocycles. The lowest BCUT2D eigenvalue weighted by Crippen LogP contribution is -2.40. The Labute approximate surface area is 96.7 Å². The quantitative estimate of drug-likeness (QED) is 0.608. The predicted octanol–water partition coefficient (Wildman–Crippen LogP) is 1.49. The highest BCUT2D eigenvalue weighted by molar-refractivity contribution is 5.81. The van der Waals surface area contributed by atoms with Gasteiger partial charge in [-0.3, -0.25) is 4.90 Å². The van der Waals surface area contributed by atoms with Crippen molar-refractivity contribution in [2.45, 2.75) is 25.3 Å². The van der Waals surface area contributed by atoms with Crippen LogP contribution in [0.25, 0.3) is 0 Å². The van der Waals surface area contributed by atoms with Gasteiger partial charge in [0.15, 0.2) is 0 Å². The summed E-state index contributed by atoms with van der Waals surface area (Å²) in [4.78, 5) is 22.6. The number of halogens is 2. The number of rotatable bonds is 3. The molecule has 1 fully saturated rings. The van der Waals surface area contributed by atoms with Gasteiger partial charge >= 0.3 is 12.1 Å². The molecule has 0 bridgehead atoms. The second-order valence-corrected chi connectivity index (χ2v) is 4.05. The molecular formula is C10H13F2NO4. The minimum atomic E-state index is -3.19. The Hall–Kier alpha value is -1.66. The Balaban J connectivity index is 2.70. The first-order chi connectivity index (χ1) is 7.73. The van der Waals surface area contributed by atoms with Crippen LogP contribution in [0.2, 0.25) is 0 Å². The molecule has 7 heteroatoms. The van der Waals surface area contributed by atoms with Crippen molar-refractivity contribution in [3.63, 3.8) is 0 Å². The zero-order chi connectivity index (χ0) is 13.2. The van der Waals surface area contributed by atoms with E-state index in [1.807, 2.05) is 0 Å². The molecule has 0 aliphatic carbocycles. The van der Waals surface area contributed by atoms with Gasteiger partial charge in [-0.25, -0.2) is 18.4 Å². The van der Waals surface area contributed by atoms with E-state index in [1.54, 1.807) is 6.92 Å². The summed E-state index contributed by atoms with van der Waals surface area (Å²) in [6.45, 7) is 4.00. The average molecular weight is 249 g/mol. The lowest BCUT2D eigenvalue weighted by molar-refractivity contribution is -0.147. The fraction of sp³-hybridized carbons (Fsp3) is 0.600. The third-order valence-electron chi connectivity index (χ3n) is 2.25. The Kier molecular flexibility index (Phi) is 3.69. The van der Waals surface area contributed by atoms with Crippen LogP contribution in [0.4, 0.5) is 13.6 Å². The van der Waals surface area contributed by atoms with Crippen molar-refractivity contribution >= 4 is 12.1 Å². The van der Waals surface area contributed by atoms with Crippen LogP contribution in [-0.4, -0.2) is 47.2 Å². The molecule has 1 atom stereocenters.